The molecule has 1 unspecified atom stereocenters. The van der Waals surface area contributed by atoms with Crippen LogP contribution in [0.25, 0.3) is 0 Å². The van der Waals surface area contributed by atoms with Gasteiger partial charge in [0.1, 0.15) is 5.75 Å². The molecule has 0 aliphatic rings. The van der Waals surface area contributed by atoms with Gasteiger partial charge >= 0.3 is 5.97 Å². The molecule has 0 amide bonds. The molecule has 0 aliphatic heterocycles. The highest BCUT2D eigenvalue weighted by molar-refractivity contribution is 5.68. The lowest BCUT2D eigenvalue weighted by Crippen LogP contribution is -2.14. The molecule has 0 aromatic heterocycles. The molecule has 0 spiro atoms. The number of aliphatic carboxylic acids is 1. The second-order valence-corrected chi connectivity index (χ2v) is 6.55. The molecular formula is C18H28O3. The van der Waals surface area contributed by atoms with Gasteiger partial charge in [-0.15, -0.1) is 0 Å². The van der Waals surface area contributed by atoms with E-state index in [4.69, 9.17) is 9.84 Å². The second kappa shape index (κ2) is 7.48. The lowest BCUT2D eigenvalue weighted by atomic mass is 9.83. The van der Waals surface area contributed by atoms with E-state index in [2.05, 4.69) is 39.8 Å². The van der Waals surface area contributed by atoms with E-state index in [1.165, 1.54) is 5.56 Å². The third-order valence-electron chi connectivity index (χ3n) is 3.69. The zero-order valence-corrected chi connectivity index (χ0v) is 13.9. The van der Waals surface area contributed by atoms with Gasteiger partial charge in [0.15, 0.2) is 0 Å². The number of benzene rings is 1. The molecule has 0 saturated carbocycles. The van der Waals surface area contributed by atoms with E-state index >= 15 is 0 Å². The van der Waals surface area contributed by atoms with Gasteiger partial charge in [0.25, 0.3) is 0 Å². The highest BCUT2D eigenvalue weighted by Gasteiger charge is 2.22. The van der Waals surface area contributed by atoms with Crippen LogP contribution in [0.5, 0.6) is 5.75 Å². The predicted molar refractivity (Wildman–Crippen MR) is 86.2 cm³/mol. The molecule has 0 radical (unpaired) electrons. The molecule has 1 atom stereocenters. The minimum atomic E-state index is -0.760. The number of carboxylic acids is 1. The van der Waals surface area contributed by atoms with Gasteiger partial charge in [-0.25, -0.2) is 0 Å². The summed E-state index contributed by atoms with van der Waals surface area (Å²) < 4.78 is 5.83. The van der Waals surface area contributed by atoms with Crippen molar-refractivity contribution in [2.75, 3.05) is 6.61 Å². The van der Waals surface area contributed by atoms with Crippen molar-refractivity contribution in [2.24, 2.45) is 0 Å². The first kappa shape index (κ1) is 17.5. The fraction of sp³-hybridized carbons (Fsp3) is 0.611. The molecule has 1 rings (SSSR count). The topological polar surface area (TPSA) is 46.5 Å². The Kier molecular flexibility index (Phi) is 6.25. The van der Waals surface area contributed by atoms with Crippen LogP contribution in [0, 0.1) is 0 Å². The van der Waals surface area contributed by atoms with E-state index in [1.807, 2.05) is 13.0 Å². The van der Waals surface area contributed by atoms with Gasteiger partial charge < -0.3 is 9.84 Å². The van der Waals surface area contributed by atoms with E-state index in [9.17, 15) is 4.79 Å². The summed E-state index contributed by atoms with van der Waals surface area (Å²) in [6.07, 6.45) is 1.88. The average Bonchev–Trinajstić information content (AvgIpc) is 2.41. The number of carbonyl (C=O) groups is 1. The normalized spacial score (nSPS) is 13.0. The van der Waals surface area contributed by atoms with Crippen molar-refractivity contribution in [2.45, 2.75) is 65.2 Å². The van der Waals surface area contributed by atoms with Crippen LogP contribution >= 0.6 is 0 Å². The average molecular weight is 292 g/mol. The van der Waals surface area contributed by atoms with Crippen molar-refractivity contribution >= 4 is 5.97 Å². The molecule has 118 valence electrons. The van der Waals surface area contributed by atoms with Gasteiger partial charge in [-0.3, -0.25) is 4.79 Å². The lowest BCUT2D eigenvalue weighted by Gasteiger charge is -2.24. The maximum Gasteiger partial charge on any atom is 0.303 e. The van der Waals surface area contributed by atoms with Crippen molar-refractivity contribution < 1.29 is 14.6 Å². The second-order valence-electron chi connectivity index (χ2n) is 6.55. The minimum Gasteiger partial charge on any atom is -0.493 e. The Morgan fingerprint density at radius 1 is 1.29 bits per heavy atom. The molecule has 3 heteroatoms. The minimum absolute atomic E-state index is 0.00310. The Balaban J connectivity index is 3.22. The van der Waals surface area contributed by atoms with Crippen molar-refractivity contribution in [1.82, 2.24) is 0 Å². The monoisotopic (exact) mass is 292 g/mol. The predicted octanol–water partition coefficient (Wildman–Crippen LogP) is 4.74. The first-order valence-electron chi connectivity index (χ1n) is 7.78. The largest absolute Gasteiger partial charge is 0.493 e. The van der Waals surface area contributed by atoms with Crippen LogP contribution in [0.2, 0.25) is 0 Å². The van der Waals surface area contributed by atoms with Crippen molar-refractivity contribution in [3.8, 4) is 5.75 Å². The maximum atomic E-state index is 11.1. The summed E-state index contributed by atoms with van der Waals surface area (Å²) in [7, 11) is 0. The van der Waals surface area contributed by atoms with Gasteiger partial charge in [0, 0.05) is 0 Å². The van der Waals surface area contributed by atoms with Crippen LogP contribution in [0.15, 0.2) is 18.2 Å². The van der Waals surface area contributed by atoms with Crippen LogP contribution in [-0.4, -0.2) is 17.7 Å². The molecule has 0 heterocycles. The molecule has 0 bridgehead atoms. The van der Waals surface area contributed by atoms with Gasteiger partial charge in [0.05, 0.1) is 13.0 Å². The molecule has 21 heavy (non-hydrogen) atoms. The third-order valence-corrected chi connectivity index (χ3v) is 3.69. The number of ether oxygens (including phenoxy) is 1. The van der Waals surface area contributed by atoms with E-state index < -0.39 is 5.97 Å². The molecule has 0 fully saturated rings. The summed E-state index contributed by atoms with van der Waals surface area (Å²) in [4.78, 5) is 11.1. The van der Waals surface area contributed by atoms with E-state index in [0.717, 1.165) is 24.2 Å². The Morgan fingerprint density at radius 3 is 2.43 bits per heavy atom. The molecule has 1 aromatic carbocycles. The smallest absolute Gasteiger partial charge is 0.303 e. The number of carboxylic acid groups (broad SMARTS) is 1. The van der Waals surface area contributed by atoms with Crippen LogP contribution in [-0.2, 0) is 10.2 Å². The molecule has 0 saturated heterocycles. The zero-order chi connectivity index (χ0) is 16.0. The highest BCUT2D eigenvalue weighted by Crippen LogP contribution is 2.35. The van der Waals surface area contributed by atoms with Crippen molar-refractivity contribution in [3.05, 3.63) is 29.3 Å². The Morgan fingerprint density at radius 2 is 1.95 bits per heavy atom. The molecule has 3 nitrogen and oxygen atoms in total. The number of rotatable bonds is 7. The summed E-state index contributed by atoms with van der Waals surface area (Å²) >= 11 is 0. The Bertz CT molecular complexity index is 472. The molecule has 0 aliphatic carbocycles. The van der Waals surface area contributed by atoms with Gasteiger partial charge in [-0.05, 0) is 41.4 Å². The summed E-state index contributed by atoms with van der Waals surface area (Å²) in [5.41, 5.74) is 2.28. The van der Waals surface area contributed by atoms with Crippen molar-refractivity contribution in [3.63, 3.8) is 0 Å². The van der Waals surface area contributed by atoms with Gasteiger partial charge in [-0.2, -0.15) is 0 Å². The first-order valence-corrected chi connectivity index (χ1v) is 7.78. The molecular weight excluding hydrogens is 264 g/mol. The standard InChI is InChI=1S/C18H28O3/c1-6-10-21-16-9-8-14(18(3,4)5)12-15(16)13(7-2)11-17(19)20/h8-9,12-13H,6-7,10-11H2,1-5H3,(H,19,20). The summed E-state index contributed by atoms with van der Waals surface area (Å²) in [6, 6.07) is 6.21. The van der Waals surface area contributed by atoms with E-state index in [-0.39, 0.29) is 17.8 Å². The zero-order valence-electron chi connectivity index (χ0n) is 13.9. The summed E-state index contributed by atoms with van der Waals surface area (Å²) in [5, 5.41) is 9.13. The van der Waals surface area contributed by atoms with E-state index in [0.29, 0.717) is 6.61 Å². The maximum absolute atomic E-state index is 11.1. The highest BCUT2D eigenvalue weighted by atomic mass is 16.5. The fourth-order valence-corrected chi connectivity index (χ4v) is 2.36. The van der Waals surface area contributed by atoms with E-state index in [1.54, 1.807) is 0 Å². The van der Waals surface area contributed by atoms with Crippen LogP contribution in [0.1, 0.15) is 70.9 Å². The number of hydrogen-bond donors (Lipinski definition) is 1. The third kappa shape index (κ3) is 5.07. The lowest BCUT2D eigenvalue weighted by molar-refractivity contribution is -0.137. The molecule has 1 N–H and O–H groups in total. The molecule has 1 aromatic rings. The summed E-state index contributed by atoms with van der Waals surface area (Å²) in [6.45, 7) is 11.2. The Labute approximate surface area is 128 Å². The quantitative estimate of drug-likeness (QED) is 0.789. The van der Waals surface area contributed by atoms with Crippen molar-refractivity contribution in [1.29, 1.82) is 0 Å². The number of hydrogen-bond acceptors (Lipinski definition) is 2. The van der Waals surface area contributed by atoms with Gasteiger partial charge in [0.2, 0.25) is 0 Å². The summed E-state index contributed by atoms with van der Waals surface area (Å²) in [5.74, 6) is 0.0686. The van der Waals surface area contributed by atoms with Crippen LogP contribution in [0.4, 0.5) is 0 Å². The Hall–Kier alpha value is -1.51. The SMILES string of the molecule is CCCOc1ccc(C(C)(C)C)cc1C(CC)CC(=O)O. The van der Waals surface area contributed by atoms with Crippen LogP contribution in [0.3, 0.4) is 0 Å². The van der Waals surface area contributed by atoms with Gasteiger partial charge in [-0.1, -0.05) is 46.8 Å². The van der Waals surface area contributed by atoms with Crippen LogP contribution < -0.4 is 4.74 Å². The first-order chi connectivity index (χ1) is 9.79. The fourth-order valence-electron chi connectivity index (χ4n) is 2.36.